The smallest absolute Gasteiger partial charge is 0.222 e. The third-order valence-corrected chi connectivity index (χ3v) is 4.49. The molecule has 2 heterocycles. The van der Waals surface area contributed by atoms with Gasteiger partial charge in [0, 0.05) is 25.4 Å². The lowest BCUT2D eigenvalue weighted by atomic mass is 9.98. The van der Waals surface area contributed by atoms with Crippen molar-refractivity contribution in [3.05, 3.63) is 23.8 Å². The van der Waals surface area contributed by atoms with Crippen LogP contribution in [0.3, 0.4) is 0 Å². The summed E-state index contributed by atoms with van der Waals surface area (Å²) < 4.78 is 11.1. The third kappa shape index (κ3) is 3.95. The molecule has 0 saturated carbocycles. The Morgan fingerprint density at radius 2 is 1.96 bits per heavy atom. The van der Waals surface area contributed by atoms with Gasteiger partial charge in [-0.25, -0.2) is 0 Å². The van der Waals surface area contributed by atoms with Crippen LogP contribution < -0.4 is 9.47 Å². The monoisotopic (exact) mass is 314 g/mol. The molecule has 2 aliphatic rings. The van der Waals surface area contributed by atoms with Gasteiger partial charge in [0.1, 0.15) is 13.2 Å². The van der Waals surface area contributed by atoms with Crippen LogP contribution in [-0.2, 0) is 11.2 Å². The average Bonchev–Trinajstić information content (AvgIpc) is 2.61. The number of likely N-dealkylation sites (tertiary alicyclic amines) is 1. The van der Waals surface area contributed by atoms with Crippen LogP contribution in [0, 0.1) is 17.2 Å². The quantitative estimate of drug-likeness (QED) is 0.857. The van der Waals surface area contributed by atoms with Gasteiger partial charge in [0.15, 0.2) is 11.5 Å². The Balaban J connectivity index is 1.44. The summed E-state index contributed by atoms with van der Waals surface area (Å²) in [5, 5.41) is 8.90. The normalized spacial score (nSPS) is 17.6. The fourth-order valence-corrected chi connectivity index (χ4v) is 3.10. The molecule has 0 aromatic heterocycles. The maximum absolute atomic E-state index is 12.2. The van der Waals surface area contributed by atoms with Gasteiger partial charge in [-0.05, 0) is 43.4 Å². The molecule has 1 aromatic rings. The molecule has 0 bridgehead atoms. The van der Waals surface area contributed by atoms with Crippen molar-refractivity contribution < 1.29 is 14.3 Å². The van der Waals surface area contributed by atoms with E-state index in [0.717, 1.165) is 50.3 Å². The van der Waals surface area contributed by atoms with Crippen LogP contribution in [0.25, 0.3) is 0 Å². The Hall–Kier alpha value is -2.22. The molecule has 1 amide bonds. The van der Waals surface area contributed by atoms with E-state index >= 15 is 0 Å². The van der Waals surface area contributed by atoms with Crippen molar-refractivity contribution in [1.29, 1.82) is 5.26 Å². The summed E-state index contributed by atoms with van der Waals surface area (Å²) in [7, 11) is 0. The van der Waals surface area contributed by atoms with Crippen molar-refractivity contribution in [3.8, 4) is 17.6 Å². The van der Waals surface area contributed by atoms with Crippen molar-refractivity contribution in [2.45, 2.75) is 32.1 Å². The largest absolute Gasteiger partial charge is 0.486 e. The number of piperidine rings is 1. The van der Waals surface area contributed by atoms with Gasteiger partial charge in [0.25, 0.3) is 0 Å². The number of hydrogen-bond donors (Lipinski definition) is 0. The van der Waals surface area contributed by atoms with E-state index < -0.39 is 0 Å². The molecule has 0 N–H and O–H groups in total. The number of hydrogen-bond acceptors (Lipinski definition) is 4. The summed E-state index contributed by atoms with van der Waals surface area (Å²) in [5.41, 5.74) is 1.17. The second kappa shape index (κ2) is 7.36. The van der Waals surface area contributed by atoms with Crippen LogP contribution in [0.15, 0.2) is 18.2 Å². The summed E-state index contributed by atoms with van der Waals surface area (Å²) in [6.45, 7) is 2.64. The molecule has 3 rings (SSSR count). The van der Waals surface area contributed by atoms with Crippen LogP contribution in [0.4, 0.5) is 0 Å². The molecule has 1 saturated heterocycles. The van der Waals surface area contributed by atoms with Gasteiger partial charge in [-0.1, -0.05) is 6.07 Å². The molecule has 23 heavy (non-hydrogen) atoms. The predicted octanol–water partition coefficient (Wildman–Crippen LogP) is 2.54. The van der Waals surface area contributed by atoms with Crippen molar-refractivity contribution in [1.82, 2.24) is 4.90 Å². The van der Waals surface area contributed by atoms with Crippen molar-refractivity contribution in [3.63, 3.8) is 0 Å². The first-order valence-electron chi connectivity index (χ1n) is 8.32. The van der Waals surface area contributed by atoms with Crippen molar-refractivity contribution in [2.75, 3.05) is 26.3 Å². The number of nitriles is 1. The highest BCUT2D eigenvalue weighted by atomic mass is 16.6. The third-order valence-electron chi connectivity index (χ3n) is 4.49. The minimum absolute atomic E-state index is 0.122. The van der Waals surface area contributed by atoms with Crippen LogP contribution in [0.5, 0.6) is 11.5 Å². The number of amides is 1. The zero-order chi connectivity index (χ0) is 16.1. The SMILES string of the molecule is N#CC1CCN(C(=O)CCCc2ccc3c(c2)OCCO3)CC1. The fourth-order valence-electron chi connectivity index (χ4n) is 3.10. The van der Waals surface area contributed by atoms with E-state index in [4.69, 9.17) is 14.7 Å². The van der Waals surface area contributed by atoms with E-state index in [1.807, 2.05) is 23.1 Å². The Bertz CT molecular complexity index is 601. The summed E-state index contributed by atoms with van der Waals surface area (Å²) in [5.74, 6) is 1.94. The fraction of sp³-hybridized carbons (Fsp3) is 0.556. The van der Waals surface area contributed by atoms with Gasteiger partial charge < -0.3 is 14.4 Å². The first-order chi connectivity index (χ1) is 11.3. The zero-order valence-corrected chi connectivity index (χ0v) is 13.3. The summed E-state index contributed by atoms with van der Waals surface area (Å²) in [6, 6.07) is 8.29. The highest BCUT2D eigenvalue weighted by Gasteiger charge is 2.22. The molecule has 0 radical (unpaired) electrons. The van der Waals surface area contributed by atoms with Gasteiger partial charge in [0.2, 0.25) is 5.91 Å². The minimum Gasteiger partial charge on any atom is -0.486 e. The van der Waals surface area contributed by atoms with Crippen LogP contribution >= 0.6 is 0 Å². The average molecular weight is 314 g/mol. The molecule has 0 unspecified atom stereocenters. The van der Waals surface area contributed by atoms with Gasteiger partial charge in [0.05, 0.1) is 6.07 Å². The van der Waals surface area contributed by atoms with Crippen LogP contribution in [-0.4, -0.2) is 37.1 Å². The Morgan fingerprint density at radius 3 is 2.70 bits per heavy atom. The summed E-state index contributed by atoms with van der Waals surface area (Å²) in [4.78, 5) is 14.1. The van der Waals surface area contributed by atoms with E-state index in [1.54, 1.807) is 0 Å². The first kappa shape index (κ1) is 15.7. The van der Waals surface area contributed by atoms with Gasteiger partial charge in [-0.2, -0.15) is 5.26 Å². The number of carbonyl (C=O) groups excluding carboxylic acids is 1. The summed E-state index contributed by atoms with van der Waals surface area (Å²) in [6.07, 6.45) is 3.87. The van der Waals surface area contributed by atoms with E-state index in [1.165, 1.54) is 5.56 Å². The topological polar surface area (TPSA) is 62.6 Å². The minimum atomic E-state index is 0.122. The predicted molar refractivity (Wildman–Crippen MR) is 85.3 cm³/mol. The molecule has 0 atom stereocenters. The lowest BCUT2D eigenvalue weighted by Gasteiger charge is -2.29. The van der Waals surface area contributed by atoms with Gasteiger partial charge >= 0.3 is 0 Å². The number of aryl methyl sites for hydroxylation is 1. The number of fused-ring (bicyclic) bond motifs is 1. The van der Waals surface area contributed by atoms with E-state index in [9.17, 15) is 4.79 Å². The van der Waals surface area contributed by atoms with E-state index in [2.05, 4.69) is 6.07 Å². The lowest BCUT2D eigenvalue weighted by molar-refractivity contribution is -0.132. The number of nitrogens with zero attached hydrogens (tertiary/aromatic N) is 2. The highest BCUT2D eigenvalue weighted by Crippen LogP contribution is 2.31. The second-order valence-corrected chi connectivity index (χ2v) is 6.12. The molecule has 5 nitrogen and oxygen atoms in total. The maximum Gasteiger partial charge on any atom is 0.222 e. The lowest BCUT2D eigenvalue weighted by Crippen LogP contribution is -2.38. The Kier molecular flexibility index (Phi) is 5.02. The molecule has 5 heteroatoms. The maximum atomic E-state index is 12.2. The second-order valence-electron chi connectivity index (χ2n) is 6.12. The van der Waals surface area contributed by atoms with Crippen LogP contribution in [0.2, 0.25) is 0 Å². The van der Waals surface area contributed by atoms with Crippen molar-refractivity contribution >= 4 is 5.91 Å². The Labute approximate surface area is 136 Å². The summed E-state index contributed by atoms with van der Waals surface area (Å²) >= 11 is 0. The number of benzene rings is 1. The van der Waals surface area contributed by atoms with Gasteiger partial charge in [-0.3, -0.25) is 4.79 Å². The first-order valence-corrected chi connectivity index (χ1v) is 8.32. The number of ether oxygens (including phenoxy) is 2. The standard InChI is InChI=1S/C18H22N2O3/c19-13-15-6-8-20(9-7-15)18(21)3-1-2-14-4-5-16-17(12-14)23-11-10-22-16/h4-5,12,15H,1-3,6-11H2. The molecular formula is C18H22N2O3. The molecule has 0 aliphatic carbocycles. The molecule has 0 spiro atoms. The van der Waals surface area contributed by atoms with Crippen LogP contribution in [0.1, 0.15) is 31.2 Å². The van der Waals surface area contributed by atoms with E-state index in [0.29, 0.717) is 19.6 Å². The number of rotatable bonds is 4. The molecule has 122 valence electrons. The van der Waals surface area contributed by atoms with Crippen molar-refractivity contribution in [2.24, 2.45) is 5.92 Å². The molecule has 1 fully saturated rings. The molecule has 2 aliphatic heterocycles. The zero-order valence-electron chi connectivity index (χ0n) is 13.3. The Morgan fingerprint density at radius 1 is 1.22 bits per heavy atom. The molecular weight excluding hydrogens is 292 g/mol. The van der Waals surface area contributed by atoms with E-state index in [-0.39, 0.29) is 11.8 Å². The van der Waals surface area contributed by atoms with Gasteiger partial charge in [-0.15, -0.1) is 0 Å². The highest BCUT2D eigenvalue weighted by molar-refractivity contribution is 5.76. The number of carbonyl (C=O) groups is 1. The molecule has 1 aromatic carbocycles.